The molecule has 154 valence electrons. The molecule has 1 aromatic heterocycles. The zero-order chi connectivity index (χ0) is 20.5. The number of nitrogens with one attached hydrogen (secondary N) is 1. The Morgan fingerprint density at radius 3 is 2.62 bits per heavy atom. The van der Waals surface area contributed by atoms with Crippen LogP contribution in [0.5, 0.6) is 0 Å². The minimum Gasteiger partial charge on any atom is -0.352 e. The van der Waals surface area contributed by atoms with Gasteiger partial charge in [-0.25, -0.2) is 4.98 Å². The molecule has 0 aliphatic carbocycles. The second-order valence-electron chi connectivity index (χ2n) is 7.42. The predicted molar refractivity (Wildman–Crippen MR) is 121 cm³/mol. The Balaban J connectivity index is 1.46. The fraction of sp³-hybridized carbons (Fsp3) is 0.417. The molecule has 0 atom stereocenters. The molecule has 0 saturated heterocycles. The molecule has 1 heterocycles. The minimum atomic E-state index is -0.103. The van der Waals surface area contributed by atoms with E-state index in [2.05, 4.69) is 41.1 Å². The van der Waals surface area contributed by atoms with Crippen molar-refractivity contribution < 1.29 is 4.79 Å². The summed E-state index contributed by atoms with van der Waals surface area (Å²) in [5.41, 5.74) is 2.87. The number of benzene rings is 2. The number of aryl methyl sites for hydroxylation is 2. The minimum absolute atomic E-state index is 0.103. The maximum Gasteiger partial charge on any atom is 0.252 e. The lowest BCUT2D eigenvalue weighted by Crippen LogP contribution is -2.24. The van der Waals surface area contributed by atoms with Crippen LogP contribution in [0.1, 0.15) is 61.6 Å². The highest BCUT2D eigenvalue weighted by Crippen LogP contribution is 2.19. The van der Waals surface area contributed by atoms with Gasteiger partial charge in [0.2, 0.25) is 0 Å². The number of halogens is 1. The third kappa shape index (κ3) is 5.83. The van der Waals surface area contributed by atoms with Crippen molar-refractivity contribution in [2.75, 3.05) is 6.54 Å². The van der Waals surface area contributed by atoms with E-state index in [1.807, 2.05) is 12.1 Å². The average molecular weight is 412 g/mol. The highest BCUT2D eigenvalue weighted by atomic mass is 35.5. The second kappa shape index (κ2) is 11.0. The van der Waals surface area contributed by atoms with Gasteiger partial charge in [0.1, 0.15) is 5.82 Å². The summed E-state index contributed by atoms with van der Waals surface area (Å²) in [6.45, 7) is 3.94. The molecule has 0 unspecified atom stereocenters. The summed E-state index contributed by atoms with van der Waals surface area (Å²) in [6.07, 6.45) is 7.71. The zero-order valence-electron chi connectivity index (χ0n) is 17.2. The molecular formula is C24H30ClN3O. The number of unbranched alkanes of at least 4 members (excludes halogenated alkanes) is 4. The van der Waals surface area contributed by atoms with Gasteiger partial charge in [-0.15, -0.1) is 0 Å². The monoisotopic (exact) mass is 411 g/mol. The van der Waals surface area contributed by atoms with Gasteiger partial charge in [-0.3, -0.25) is 4.79 Å². The molecule has 5 heteroatoms. The number of para-hydroxylation sites is 2. The number of imidazole rings is 1. The standard InChI is InChI=1S/C24H30ClN3O/c1-2-3-11-18-28-22-15-9-8-14-21(22)27-23(28)16-5-4-10-17-26-24(29)19-12-6-7-13-20(19)25/h6-9,12-15H,2-5,10-11,16-18H2,1H3,(H,26,29). The molecule has 3 rings (SSSR count). The molecule has 0 aliphatic rings. The van der Waals surface area contributed by atoms with Crippen molar-refractivity contribution in [1.29, 1.82) is 0 Å². The number of rotatable bonds is 11. The van der Waals surface area contributed by atoms with E-state index in [0.29, 0.717) is 17.1 Å². The molecule has 4 nitrogen and oxygen atoms in total. The van der Waals surface area contributed by atoms with Crippen LogP contribution in [0.15, 0.2) is 48.5 Å². The quantitative estimate of drug-likeness (QED) is 0.392. The van der Waals surface area contributed by atoms with E-state index in [9.17, 15) is 4.79 Å². The number of nitrogens with zero attached hydrogens (tertiary/aromatic N) is 2. The first-order valence-electron chi connectivity index (χ1n) is 10.7. The van der Waals surface area contributed by atoms with Gasteiger partial charge in [0, 0.05) is 19.5 Å². The van der Waals surface area contributed by atoms with Crippen molar-refractivity contribution in [3.8, 4) is 0 Å². The van der Waals surface area contributed by atoms with Crippen LogP contribution in [-0.4, -0.2) is 22.0 Å². The molecule has 3 aromatic rings. The van der Waals surface area contributed by atoms with Crippen molar-refractivity contribution in [3.63, 3.8) is 0 Å². The summed E-state index contributed by atoms with van der Waals surface area (Å²) in [7, 11) is 0. The fourth-order valence-electron chi connectivity index (χ4n) is 3.61. The number of hydrogen-bond acceptors (Lipinski definition) is 2. The Labute approximate surface area is 178 Å². The number of hydrogen-bond donors (Lipinski definition) is 1. The molecular weight excluding hydrogens is 382 g/mol. The molecule has 0 spiro atoms. The van der Waals surface area contributed by atoms with E-state index in [4.69, 9.17) is 16.6 Å². The van der Waals surface area contributed by atoms with Crippen LogP contribution in [0, 0.1) is 0 Å². The van der Waals surface area contributed by atoms with Gasteiger partial charge in [0.05, 0.1) is 21.6 Å². The van der Waals surface area contributed by atoms with Crippen molar-refractivity contribution in [2.45, 2.75) is 58.4 Å². The Morgan fingerprint density at radius 2 is 1.79 bits per heavy atom. The Morgan fingerprint density at radius 1 is 1.00 bits per heavy atom. The van der Waals surface area contributed by atoms with Gasteiger partial charge in [-0.1, -0.05) is 62.1 Å². The Hall–Kier alpha value is -2.33. The number of aromatic nitrogens is 2. The van der Waals surface area contributed by atoms with E-state index in [1.54, 1.807) is 12.1 Å². The first kappa shape index (κ1) is 21.4. The third-order valence-corrected chi connectivity index (χ3v) is 5.53. The summed E-state index contributed by atoms with van der Waals surface area (Å²) >= 11 is 6.07. The summed E-state index contributed by atoms with van der Waals surface area (Å²) in [4.78, 5) is 17.0. The summed E-state index contributed by atoms with van der Waals surface area (Å²) in [6, 6.07) is 15.6. The maximum absolute atomic E-state index is 12.2. The SMILES string of the molecule is CCCCCn1c(CCCCCNC(=O)c2ccccc2Cl)nc2ccccc21. The van der Waals surface area contributed by atoms with Crippen molar-refractivity contribution in [3.05, 3.63) is 64.9 Å². The van der Waals surface area contributed by atoms with Crippen molar-refractivity contribution in [2.24, 2.45) is 0 Å². The van der Waals surface area contributed by atoms with Crippen LogP contribution in [0.4, 0.5) is 0 Å². The van der Waals surface area contributed by atoms with E-state index in [0.717, 1.165) is 37.7 Å². The first-order valence-corrected chi connectivity index (χ1v) is 11.1. The molecule has 2 aromatic carbocycles. The summed E-state index contributed by atoms with van der Waals surface area (Å²) < 4.78 is 2.39. The number of fused-ring (bicyclic) bond motifs is 1. The lowest BCUT2D eigenvalue weighted by atomic mass is 10.1. The molecule has 0 radical (unpaired) electrons. The normalized spacial score (nSPS) is 11.1. The molecule has 29 heavy (non-hydrogen) atoms. The largest absolute Gasteiger partial charge is 0.352 e. The van der Waals surface area contributed by atoms with Crippen molar-refractivity contribution in [1.82, 2.24) is 14.9 Å². The molecule has 0 fully saturated rings. The van der Waals surface area contributed by atoms with Crippen LogP contribution < -0.4 is 5.32 Å². The molecule has 0 aliphatic heterocycles. The van der Waals surface area contributed by atoms with E-state index >= 15 is 0 Å². The Kier molecular flexibility index (Phi) is 8.12. The van der Waals surface area contributed by atoms with E-state index < -0.39 is 0 Å². The number of carbonyl (C=O) groups is 1. The molecule has 1 N–H and O–H groups in total. The predicted octanol–water partition coefficient (Wildman–Crippen LogP) is 6.02. The fourth-order valence-corrected chi connectivity index (χ4v) is 3.83. The first-order chi connectivity index (χ1) is 14.2. The summed E-state index contributed by atoms with van der Waals surface area (Å²) in [5.74, 6) is 1.08. The van der Waals surface area contributed by atoms with Gasteiger partial charge in [0.25, 0.3) is 5.91 Å². The van der Waals surface area contributed by atoms with Gasteiger partial charge in [-0.2, -0.15) is 0 Å². The third-order valence-electron chi connectivity index (χ3n) is 5.20. The van der Waals surface area contributed by atoms with Gasteiger partial charge < -0.3 is 9.88 Å². The van der Waals surface area contributed by atoms with E-state index in [1.165, 1.54) is 30.6 Å². The van der Waals surface area contributed by atoms with Gasteiger partial charge in [-0.05, 0) is 43.5 Å². The number of amides is 1. The summed E-state index contributed by atoms with van der Waals surface area (Å²) in [5, 5.41) is 3.45. The van der Waals surface area contributed by atoms with Crippen LogP contribution in [-0.2, 0) is 13.0 Å². The molecule has 1 amide bonds. The molecule has 0 bridgehead atoms. The van der Waals surface area contributed by atoms with Gasteiger partial charge >= 0.3 is 0 Å². The highest BCUT2D eigenvalue weighted by Gasteiger charge is 2.10. The maximum atomic E-state index is 12.2. The highest BCUT2D eigenvalue weighted by molar-refractivity contribution is 6.33. The average Bonchev–Trinajstić information content (AvgIpc) is 3.08. The Bertz CT molecular complexity index is 935. The van der Waals surface area contributed by atoms with Crippen LogP contribution in [0.2, 0.25) is 5.02 Å². The molecule has 0 saturated carbocycles. The second-order valence-corrected chi connectivity index (χ2v) is 7.83. The van der Waals surface area contributed by atoms with Crippen LogP contribution in [0.25, 0.3) is 11.0 Å². The van der Waals surface area contributed by atoms with Crippen LogP contribution >= 0.6 is 11.6 Å². The smallest absolute Gasteiger partial charge is 0.252 e. The van der Waals surface area contributed by atoms with Crippen LogP contribution in [0.3, 0.4) is 0 Å². The zero-order valence-corrected chi connectivity index (χ0v) is 17.9. The van der Waals surface area contributed by atoms with Crippen molar-refractivity contribution >= 4 is 28.5 Å². The van der Waals surface area contributed by atoms with Gasteiger partial charge in [0.15, 0.2) is 0 Å². The lowest BCUT2D eigenvalue weighted by molar-refractivity contribution is 0.0953. The lowest BCUT2D eigenvalue weighted by Gasteiger charge is -2.09. The number of carbonyl (C=O) groups excluding carboxylic acids is 1. The van der Waals surface area contributed by atoms with E-state index in [-0.39, 0.29) is 5.91 Å². The topological polar surface area (TPSA) is 46.9 Å².